The van der Waals surface area contributed by atoms with Gasteiger partial charge in [0.15, 0.2) is 0 Å². The van der Waals surface area contributed by atoms with E-state index in [1.165, 1.54) is 5.56 Å². The van der Waals surface area contributed by atoms with Crippen LogP contribution < -0.4 is 5.32 Å². The van der Waals surface area contributed by atoms with Crippen LogP contribution in [0.15, 0.2) is 54.7 Å². The van der Waals surface area contributed by atoms with Crippen molar-refractivity contribution in [1.29, 1.82) is 0 Å². The molecule has 4 heteroatoms. The summed E-state index contributed by atoms with van der Waals surface area (Å²) in [7, 11) is 0. The predicted molar refractivity (Wildman–Crippen MR) is 90.0 cm³/mol. The summed E-state index contributed by atoms with van der Waals surface area (Å²) in [6, 6.07) is 16.6. The Morgan fingerprint density at radius 3 is 2.65 bits per heavy atom. The number of amides is 1. The second-order valence-electron chi connectivity index (χ2n) is 6.30. The molecule has 0 spiro atoms. The van der Waals surface area contributed by atoms with E-state index in [1.54, 1.807) is 6.92 Å². The molecular weight excluding hydrogens is 286 g/mol. The topological polar surface area (TPSA) is 46.9 Å². The van der Waals surface area contributed by atoms with Gasteiger partial charge in [-0.2, -0.15) is 0 Å². The molecule has 1 amide bonds. The van der Waals surface area contributed by atoms with Gasteiger partial charge in [-0.25, -0.2) is 4.98 Å². The molecule has 0 unspecified atom stereocenters. The fourth-order valence-electron chi connectivity index (χ4n) is 3.14. The van der Waals surface area contributed by atoms with E-state index in [2.05, 4.69) is 52.5 Å². The Hall–Kier alpha value is -2.62. The first-order valence-corrected chi connectivity index (χ1v) is 7.95. The highest BCUT2D eigenvalue weighted by Gasteiger charge is 2.46. The molecule has 1 aromatic carbocycles. The number of carbonyl (C=O) groups excluding carboxylic acids is 1. The van der Waals surface area contributed by atoms with Gasteiger partial charge >= 0.3 is 0 Å². The third-order valence-electron chi connectivity index (χ3n) is 4.46. The van der Waals surface area contributed by atoms with E-state index in [-0.39, 0.29) is 11.4 Å². The van der Waals surface area contributed by atoms with Crippen molar-refractivity contribution in [1.82, 2.24) is 14.9 Å². The van der Waals surface area contributed by atoms with E-state index < -0.39 is 0 Å². The van der Waals surface area contributed by atoms with Gasteiger partial charge in [-0.05, 0) is 36.6 Å². The van der Waals surface area contributed by atoms with Gasteiger partial charge in [0.1, 0.15) is 5.65 Å². The van der Waals surface area contributed by atoms with Crippen LogP contribution in [0.25, 0.3) is 11.0 Å². The van der Waals surface area contributed by atoms with Gasteiger partial charge < -0.3 is 9.88 Å². The highest BCUT2D eigenvalue weighted by molar-refractivity contribution is 5.78. The van der Waals surface area contributed by atoms with Crippen molar-refractivity contribution in [3.05, 3.63) is 66.0 Å². The van der Waals surface area contributed by atoms with E-state index in [4.69, 9.17) is 4.98 Å². The SMILES string of the molecule is CC(=O)NC1(c2ccc3ccn(Cc4ccccc4)c3n2)CC1. The summed E-state index contributed by atoms with van der Waals surface area (Å²) in [5.74, 6) is 0.00376. The largest absolute Gasteiger partial charge is 0.345 e. The van der Waals surface area contributed by atoms with Crippen LogP contribution in [0.4, 0.5) is 0 Å². The van der Waals surface area contributed by atoms with Crippen LogP contribution in [0.3, 0.4) is 0 Å². The number of hydrogen-bond donors (Lipinski definition) is 1. The number of rotatable bonds is 4. The quantitative estimate of drug-likeness (QED) is 0.804. The van der Waals surface area contributed by atoms with Crippen molar-refractivity contribution in [3.8, 4) is 0 Å². The van der Waals surface area contributed by atoms with Crippen molar-refractivity contribution in [3.63, 3.8) is 0 Å². The van der Waals surface area contributed by atoms with Gasteiger partial charge in [0.05, 0.1) is 11.2 Å². The Kier molecular flexibility index (Phi) is 3.18. The van der Waals surface area contributed by atoms with Gasteiger partial charge in [-0.1, -0.05) is 30.3 Å². The number of benzene rings is 1. The summed E-state index contributed by atoms with van der Waals surface area (Å²) < 4.78 is 2.16. The number of carbonyl (C=O) groups is 1. The summed E-state index contributed by atoms with van der Waals surface area (Å²) in [5, 5.41) is 4.19. The second-order valence-corrected chi connectivity index (χ2v) is 6.30. The average Bonchev–Trinajstić information content (AvgIpc) is 3.22. The van der Waals surface area contributed by atoms with Crippen molar-refractivity contribution < 1.29 is 4.79 Å². The molecule has 116 valence electrons. The van der Waals surface area contributed by atoms with Gasteiger partial charge in [-0.15, -0.1) is 0 Å². The molecule has 4 rings (SSSR count). The predicted octanol–water partition coefficient (Wildman–Crippen LogP) is 3.21. The van der Waals surface area contributed by atoms with E-state index in [0.717, 1.165) is 36.1 Å². The number of hydrogen-bond acceptors (Lipinski definition) is 2. The van der Waals surface area contributed by atoms with Crippen molar-refractivity contribution in [2.24, 2.45) is 0 Å². The third-order valence-corrected chi connectivity index (χ3v) is 4.46. The van der Waals surface area contributed by atoms with Crippen molar-refractivity contribution >= 4 is 16.9 Å². The molecule has 0 atom stereocenters. The molecule has 1 saturated carbocycles. The smallest absolute Gasteiger partial charge is 0.217 e. The van der Waals surface area contributed by atoms with Crippen LogP contribution in [-0.2, 0) is 16.9 Å². The molecule has 4 nitrogen and oxygen atoms in total. The van der Waals surface area contributed by atoms with E-state index >= 15 is 0 Å². The number of fused-ring (bicyclic) bond motifs is 1. The molecule has 1 aliphatic carbocycles. The molecule has 1 aliphatic rings. The first-order chi connectivity index (χ1) is 11.2. The zero-order valence-electron chi connectivity index (χ0n) is 13.1. The van der Waals surface area contributed by atoms with Crippen molar-refractivity contribution in [2.75, 3.05) is 0 Å². The second kappa shape index (κ2) is 5.23. The molecule has 2 heterocycles. The standard InChI is InChI=1S/C19H19N3O/c1-14(23)21-19(10-11-19)17-8-7-16-9-12-22(18(16)20-17)13-15-5-3-2-4-6-15/h2-9,12H,10-11,13H2,1H3,(H,21,23). The Morgan fingerprint density at radius 2 is 1.96 bits per heavy atom. The fraction of sp³-hybridized carbons (Fsp3) is 0.263. The minimum Gasteiger partial charge on any atom is -0.345 e. The first-order valence-electron chi connectivity index (χ1n) is 7.95. The Bertz CT molecular complexity index is 863. The van der Waals surface area contributed by atoms with Crippen LogP contribution in [0.1, 0.15) is 31.0 Å². The van der Waals surface area contributed by atoms with Crippen LogP contribution in [0.5, 0.6) is 0 Å². The minimum absolute atomic E-state index is 0.00376. The molecule has 23 heavy (non-hydrogen) atoms. The Labute approximate surface area is 135 Å². The zero-order chi connectivity index (χ0) is 15.9. The lowest BCUT2D eigenvalue weighted by molar-refractivity contribution is -0.120. The Morgan fingerprint density at radius 1 is 1.17 bits per heavy atom. The normalized spacial score (nSPS) is 15.5. The fourth-order valence-corrected chi connectivity index (χ4v) is 3.14. The minimum atomic E-state index is -0.248. The van der Waals surface area contributed by atoms with Gasteiger partial charge in [0, 0.05) is 25.1 Å². The van der Waals surface area contributed by atoms with Crippen LogP contribution in [0.2, 0.25) is 0 Å². The number of aromatic nitrogens is 2. The molecule has 0 saturated heterocycles. The van der Waals surface area contributed by atoms with Gasteiger partial charge in [0.25, 0.3) is 0 Å². The van der Waals surface area contributed by atoms with E-state index in [9.17, 15) is 4.79 Å². The number of nitrogens with zero attached hydrogens (tertiary/aromatic N) is 2. The molecule has 0 radical (unpaired) electrons. The highest BCUT2D eigenvalue weighted by atomic mass is 16.1. The molecule has 0 bridgehead atoms. The van der Waals surface area contributed by atoms with E-state index in [0.29, 0.717) is 0 Å². The van der Waals surface area contributed by atoms with Gasteiger partial charge in [-0.3, -0.25) is 4.79 Å². The van der Waals surface area contributed by atoms with Gasteiger partial charge in [0.2, 0.25) is 5.91 Å². The number of pyridine rings is 1. The first kappa shape index (κ1) is 14.0. The lowest BCUT2D eigenvalue weighted by Gasteiger charge is -2.16. The monoisotopic (exact) mass is 305 g/mol. The van der Waals surface area contributed by atoms with Crippen LogP contribution in [-0.4, -0.2) is 15.5 Å². The maximum atomic E-state index is 11.5. The molecule has 1 N–H and O–H groups in total. The summed E-state index contributed by atoms with van der Waals surface area (Å²) in [5.41, 5.74) is 2.94. The Balaban J connectivity index is 1.71. The van der Waals surface area contributed by atoms with E-state index in [1.807, 2.05) is 12.1 Å². The molecule has 0 aliphatic heterocycles. The maximum Gasteiger partial charge on any atom is 0.217 e. The highest BCUT2D eigenvalue weighted by Crippen LogP contribution is 2.44. The molecule has 3 aromatic rings. The molecular formula is C19H19N3O. The van der Waals surface area contributed by atoms with Crippen molar-refractivity contribution in [2.45, 2.75) is 31.8 Å². The lowest BCUT2D eigenvalue weighted by atomic mass is 10.1. The molecule has 2 aromatic heterocycles. The third kappa shape index (κ3) is 2.61. The number of nitrogens with one attached hydrogen (secondary N) is 1. The summed E-state index contributed by atoms with van der Waals surface area (Å²) in [6.45, 7) is 2.37. The lowest BCUT2D eigenvalue weighted by Crippen LogP contribution is -2.33. The molecule has 1 fully saturated rings. The van der Waals surface area contributed by atoms with Crippen LogP contribution in [0, 0.1) is 0 Å². The summed E-state index contributed by atoms with van der Waals surface area (Å²) in [6.07, 6.45) is 4.00. The van der Waals surface area contributed by atoms with Crippen LogP contribution >= 0.6 is 0 Å². The summed E-state index contributed by atoms with van der Waals surface area (Å²) in [4.78, 5) is 16.3. The summed E-state index contributed by atoms with van der Waals surface area (Å²) >= 11 is 0. The maximum absolute atomic E-state index is 11.5. The zero-order valence-corrected chi connectivity index (χ0v) is 13.1. The average molecular weight is 305 g/mol.